The number of amides is 3. The van der Waals surface area contributed by atoms with Crippen LogP contribution in [0.5, 0.6) is 0 Å². The number of halogens is 1. The number of thioether (sulfide) groups is 1. The topological polar surface area (TPSA) is 111 Å². The number of nitrogens with zero attached hydrogens (tertiary/aromatic N) is 2. The largest absolute Gasteiger partial charge is 0.416 e. The summed E-state index contributed by atoms with van der Waals surface area (Å²) in [6.45, 7) is 0. The lowest BCUT2D eigenvalue weighted by molar-refractivity contribution is -0.119. The molecule has 0 fully saturated rings. The fourth-order valence-corrected chi connectivity index (χ4v) is 2.50. The zero-order chi connectivity index (χ0) is 16.7. The van der Waals surface area contributed by atoms with E-state index in [9.17, 15) is 14.0 Å². The molecule has 0 saturated carbocycles. The highest BCUT2D eigenvalue weighted by molar-refractivity contribution is 7.99. The van der Waals surface area contributed by atoms with Gasteiger partial charge < -0.3 is 10.2 Å². The Hall–Kier alpha value is -2.42. The third-order valence-electron chi connectivity index (χ3n) is 2.73. The molecule has 3 amide bonds. The first-order valence-electron chi connectivity index (χ1n) is 6.82. The monoisotopic (exact) mass is 338 g/mol. The first-order chi connectivity index (χ1) is 11.0. The second kappa shape index (κ2) is 8.28. The third kappa shape index (κ3) is 6.07. The minimum absolute atomic E-state index is 0.181. The minimum Gasteiger partial charge on any atom is -0.416 e. The number of nitrogens with two attached hydrogens (primary N) is 1. The summed E-state index contributed by atoms with van der Waals surface area (Å²) in [4.78, 5) is 21.7. The van der Waals surface area contributed by atoms with E-state index in [1.165, 1.54) is 23.9 Å². The summed E-state index contributed by atoms with van der Waals surface area (Å²) in [5.41, 5.74) is 5.58. The van der Waals surface area contributed by atoms with Gasteiger partial charge in [-0.25, -0.2) is 9.18 Å². The Morgan fingerprint density at radius 2 is 2.17 bits per heavy atom. The van der Waals surface area contributed by atoms with Crippen molar-refractivity contribution in [2.45, 2.75) is 24.5 Å². The molecule has 0 saturated heterocycles. The Balaban J connectivity index is 1.74. The van der Waals surface area contributed by atoms with Crippen molar-refractivity contribution in [2.75, 3.05) is 5.75 Å². The number of rotatable bonds is 7. The maximum atomic E-state index is 13.1. The van der Waals surface area contributed by atoms with E-state index >= 15 is 0 Å². The first-order valence-corrected chi connectivity index (χ1v) is 7.80. The molecule has 0 aliphatic carbocycles. The Bertz CT molecular complexity index is 692. The molecule has 0 atom stereocenters. The summed E-state index contributed by atoms with van der Waals surface area (Å²) < 4.78 is 18.5. The van der Waals surface area contributed by atoms with Crippen LogP contribution < -0.4 is 11.1 Å². The quantitative estimate of drug-likeness (QED) is 0.589. The fourth-order valence-electron chi connectivity index (χ4n) is 1.78. The number of urea groups is 1. The normalized spacial score (nSPS) is 10.5. The van der Waals surface area contributed by atoms with Crippen molar-refractivity contribution < 1.29 is 18.4 Å². The van der Waals surface area contributed by atoms with Crippen molar-refractivity contribution in [3.8, 4) is 0 Å². The molecule has 0 radical (unpaired) electrons. The van der Waals surface area contributed by atoms with E-state index in [0.717, 1.165) is 5.56 Å². The summed E-state index contributed by atoms with van der Waals surface area (Å²) in [6, 6.07) is 5.31. The summed E-state index contributed by atoms with van der Waals surface area (Å²) in [5.74, 6) is 0.235. The summed E-state index contributed by atoms with van der Waals surface area (Å²) in [7, 11) is 0. The van der Waals surface area contributed by atoms with Crippen LogP contribution in [-0.4, -0.2) is 27.9 Å². The van der Waals surface area contributed by atoms with Gasteiger partial charge in [0.2, 0.25) is 11.8 Å². The molecule has 23 heavy (non-hydrogen) atoms. The highest BCUT2D eigenvalue weighted by Gasteiger charge is 2.09. The molecule has 0 unspecified atom stereocenters. The maximum absolute atomic E-state index is 13.1. The Labute approximate surface area is 135 Å². The highest BCUT2D eigenvalue weighted by atomic mass is 32.2. The zero-order valence-corrected chi connectivity index (χ0v) is 12.9. The Morgan fingerprint density at radius 3 is 2.91 bits per heavy atom. The molecular weight excluding hydrogens is 323 g/mol. The van der Waals surface area contributed by atoms with Gasteiger partial charge in [0.15, 0.2) is 0 Å². The first kappa shape index (κ1) is 16.9. The van der Waals surface area contributed by atoms with Gasteiger partial charge in [-0.2, -0.15) is 0 Å². The molecule has 0 aliphatic rings. The van der Waals surface area contributed by atoms with Crippen LogP contribution in [0.3, 0.4) is 0 Å². The van der Waals surface area contributed by atoms with Gasteiger partial charge in [-0.15, -0.1) is 10.2 Å². The lowest BCUT2D eigenvalue weighted by atomic mass is 10.1. The van der Waals surface area contributed by atoms with E-state index in [1.54, 1.807) is 12.1 Å². The molecule has 1 aromatic heterocycles. The fraction of sp³-hybridized carbons (Fsp3) is 0.286. The lowest BCUT2D eigenvalue weighted by Gasteiger charge is -1.99. The number of aromatic nitrogens is 2. The average molecular weight is 338 g/mol. The van der Waals surface area contributed by atoms with Crippen LogP contribution in [0.2, 0.25) is 0 Å². The van der Waals surface area contributed by atoms with Gasteiger partial charge in [0.1, 0.15) is 5.82 Å². The van der Waals surface area contributed by atoms with Crippen molar-refractivity contribution in [1.82, 2.24) is 15.5 Å². The molecule has 0 spiro atoms. The molecule has 122 valence electrons. The standard InChI is InChI=1S/C14H15FN4O3S/c15-10-4-1-3-9(7-10)8-12-18-19-14(22-12)23-6-2-5-11(20)17-13(16)21/h1,3-4,7H,2,5-6,8H2,(H3,16,17,20,21). The predicted octanol–water partition coefficient (Wildman–Crippen LogP) is 1.87. The van der Waals surface area contributed by atoms with Crippen LogP contribution in [-0.2, 0) is 11.2 Å². The molecule has 1 aromatic carbocycles. The second-order valence-electron chi connectivity index (χ2n) is 4.63. The summed E-state index contributed by atoms with van der Waals surface area (Å²) >= 11 is 1.31. The van der Waals surface area contributed by atoms with Gasteiger partial charge in [0.25, 0.3) is 5.22 Å². The van der Waals surface area contributed by atoms with Crippen LogP contribution >= 0.6 is 11.8 Å². The van der Waals surface area contributed by atoms with Crippen LogP contribution in [0, 0.1) is 5.82 Å². The highest BCUT2D eigenvalue weighted by Crippen LogP contribution is 2.19. The van der Waals surface area contributed by atoms with Crippen molar-refractivity contribution in [2.24, 2.45) is 5.73 Å². The Kier molecular flexibility index (Phi) is 6.10. The van der Waals surface area contributed by atoms with Crippen LogP contribution in [0.1, 0.15) is 24.3 Å². The second-order valence-corrected chi connectivity index (χ2v) is 5.68. The Morgan fingerprint density at radius 1 is 1.35 bits per heavy atom. The number of carbonyl (C=O) groups is 2. The van der Waals surface area contributed by atoms with Gasteiger partial charge >= 0.3 is 6.03 Å². The van der Waals surface area contributed by atoms with E-state index in [1.807, 2.05) is 5.32 Å². The van der Waals surface area contributed by atoms with E-state index in [0.29, 0.717) is 29.7 Å². The third-order valence-corrected chi connectivity index (χ3v) is 3.63. The molecule has 9 heteroatoms. The molecule has 3 N–H and O–H groups in total. The smallest absolute Gasteiger partial charge is 0.318 e. The van der Waals surface area contributed by atoms with Crippen molar-refractivity contribution in [1.29, 1.82) is 0 Å². The van der Waals surface area contributed by atoms with E-state index in [-0.39, 0.29) is 12.2 Å². The molecule has 0 bridgehead atoms. The summed E-state index contributed by atoms with van der Waals surface area (Å²) in [6.07, 6.45) is 1.07. The molecule has 7 nitrogen and oxygen atoms in total. The number of primary amides is 1. The van der Waals surface area contributed by atoms with E-state index in [2.05, 4.69) is 10.2 Å². The van der Waals surface area contributed by atoms with Crippen LogP contribution in [0.15, 0.2) is 33.9 Å². The number of carbonyl (C=O) groups excluding carboxylic acids is 2. The van der Waals surface area contributed by atoms with Crippen molar-refractivity contribution >= 4 is 23.7 Å². The van der Waals surface area contributed by atoms with Crippen molar-refractivity contribution in [3.05, 3.63) is 41.5 Å². The number of hydrogen-bond donors (Lipinski definition) is 2. The van der Waals surface area contributed by atoms with Crippen LogP contribution in [0.25, 0.3) is 0 Å². The number of nitrogens with one attached hydrogen (secondary N) is 1. The van der Waals surface area contributed by atoms with Gasteiger partial charge in [0, 0.05) is 12.2 Å². The number of hydrogen-bond acceptors (Lipinski definition) is 6. The molecule has 1 heterocycles. The van der Waals surface area contributed by atoms with Gasteiger partial charge in [-0.1, -0.05) is 23.9 Å². The van der Waals surface area contributed by atoms with Gasteiger partial charge in [-0.3, -0.25) is 10.1 Å². The predicted molar refractivity (Wildman–Crippen MR) is 81.2 cm³/mol. The molecular formula is C14H15FN4O3S. The summed E-state index contributed by atoms with van der Waals surface area (Å²) in [5, 5.41) is 10.1. The number of benzene rings is 1. The van der Waals surface area contributed by atoms with Gasteiger partial charge in [0.05, 0.1) is 6.42 Å². The lowest BCUT2D eigenvalue weighted by Crippen LogP contribution is -2.34. The number of imide groups is 1. The maximum Gasteiger partial charge on any atom is 0.318 e. The van der Waals surface area contributed by atoms with Gasteiger partial charge in [-0.05, 0) is 24.1 Å². The zero-order valence-electron chi connectivity index (χ0n) is 12.1. The van der Waals surface area contributed by atoms with E-state index in [4.69, 9.17) is 10.2 Å². The van der Waals surface area contributed by atoms with E-state index < -0.39 is 11.9 Å². The average Bonchev–Trinajstić information content (AvgIpc) is 2.90. The molecule has 2 aromatic rings. The SMILES string of the molecule is NC(=O)NC(=O)CCCSc1nnc(Cc2cccc(F)c2)o1. The molecule has 0 aliphatic heterocycles. The minimum atomic E-state index is -0.860. The molecule has 2 rings (SSSR count). The van der Waals surface area contributed by atoms with Crippen molar-refractivity contribution in [3.63, 3.8) is 0 Å². The van der Waals surface area contributed by atoms with Crippen LogP contribution in [0.4, 0.5) is 9.18 Å².